The van der Waals surface area contributed by atoms with E-state index in [0.717, 1.165) is 16.4 Å². The molecule has 1 heterocycles. The first-order chi connectivity index (χ1) is 13.9. The van der Waals surface area contributed by atoms with E-state index < -0.39 is 0 Å². The quantitative estimate of drug-likeness (QED) is 0.218. The van der Waals surface area contributed by atoms with Crippen molar-refractivity contribution >= 4 is 58.7 Å². The van der Waals surface area contributed by atoms with Crippen LogP contribution in [0.4, 0.5) is 16.0 Å². The first-order valence-corrected chi connectivity index (χ1v) is 9.79. The molecule has 4 N–H and O–H groups in total. The zero-order chi connectivity index (χ0) is 20.8. The standard InChI is InChI=1S/C17H14Cl2FN7OS/c18-11-2-1-10(14(19)7-11)8-22-24-16-25-26-17(27(16)21)29-9-15(28)23-13-5-3-12(20)4-6-13/h1-8H,9,21H2,(H,23,28)(H,24,25)/b22-8+. The number of carbonyl (C=O) groups is 1. The number of amides is 1. The number of hydrogen-bond donors (Lipinski definition) is 3. The number of benzene rings is 2. The number of nitrogens with two attached hydrogens (primary N) is 1. The molecule has 0 aliphatic rings. The Morgan fingerprint density at radius 2 is 2.00 bits per heavy atom. The number of anilines is 2. The summed E-state index contributed by atoms with van der Waals surface area (Å²) in [6.07, 6.45) is 1.48. The average Bonchev–Trinajstić information content (AvgIpc) is 3.03. The average molecular weight is 454 g/mol. The molecule has 12 heteroatoms. The number of halogens is 3. The molecule has 1 amide bonds. The molecule has 0 saturated heterocycles. The summed E-state index contributed by atoms with van der Waals surface area (Å²) in [5.74, 6) is 5.44. The number of aromatic nitrogens is 3. The highest BCUT2D eigenvalue weighted by molar-refractivity contribution is 7.99. The van der Waals surface area contributed by atoms with Gasteiger partial charge in [0.15, 0.2) is 0 Å². The molecule has 1 aromatic heterocycles. The summed E-state index contributed by atoms with van der Waals surface area (Å²) in [5.41, 5.74) is 3.79. The minimum absolute atomic E-state index is 0.0381. The van der Waals surface area contributed by atoms with Gasteiger partial charge in [-0.15, -0.1) is 10.2 Å². The van der Waals surface area contributed by atoms with E-state index in [1.165, 1.54) is 30.5 Å². The normalized spacial score (nSPS) is 11.0. The Morgan fingerprint density at radius 3 is 2.72 bits per heavy atom. The predicted octanol–water partition coefficient (Wildman–Crippen LogP) is 3.61. The van der Waals surface area contributed by atoms with Crippen LogP contribution >= 0.6 is 35.0 Å². The minimum atomic E-state index is -0.380. The largest absolute Gasteiger partial charge is 0.334 e. The second-order valence-corrected chi connectivity index (χ2v) is 7.34. The van der Waals surface area contributed by atoms with Crippen molar-refractivity contribution in [3.05, 3.63) is 63.9 Å². The van der Waals surface area contributed by atoms with Crippen LogP contribution in [0.3, 0.4) is 0 Å². The fraction of sp³-hybridized carbons (Fsp3) is 0.0588. The lowest BCUT2D eigenvalue weighted by Gasteiger charge is -2.05. The van der Waals surface area contributed by atoms with Gasteiger partial charge in [-0.25, -0.2) is 14.5 Å². The molecule has 0 aliphatic carbocycles. The van der Waals surface area contributed by atoms with Gasteiger partial charge >= 0.3 is 0 Å². The van der Waals surface area contributed by atoms with Gasteiger partial charge in [-0.1, -0.05) is 41.0 Å². The van der Waals surface area contributed by atoms with Crippen LogP contribution in [-0.2, 0) is 4.79 Å². The van der Waals surface area contributed by atoms with Crippen LogP contribution in [0, 0.1) is 5.82 Å². The molecule has 0 fully saturated rings. The van der Waals surface area contributed by atoms with Gasteiger partial charge < -0.3 is 11.2 Å². The van der Waals surface area contributed by atoms with Gasteiger partial charge in [0.05, 0.1) is 17.0 Å². The van der Waals surface area contributed by atoms with Crippen molar-refractivity contribution in [2.75, 3.05) is 22.3 Å². The van der Waals surface area contributed by atoms with E-state index in [2.05, 4.69) is 26.0 Å². The third-order valence-corrected chi connectivity index (χ3v) is 4.96. The molecule has 150 valence electrons. The zero-order valence-corrected chi connectivity index (χ0v) is 17.0. The first-order valence-electron chi connectivity index (χ1n) is 8.05. The van der Waals surface area contributed by atoms with E-state index in [-0.39, 0.29) is 23.4 Å². The lowest BCUT2D eigenvalue weighted by Crippen LogP contribution is -2.16. The van der Waals surface area contributed by atoms with Crippen LogP contribution < -0.4 is 16.6 Å². The molecule has 0 radical (unpaired) electrons. The van der Waals surface area contributed by atoms with Gasteiger partial charge in [-0.3, -0.25) is 4.79 Å². The molecule has 0 bridgehead atoms. The van der Waals surface area contributed by atoms with Crippen molar-refractivity contribution < 1.29 is 9.18 Å². The van der Waals surface area contributed by atoms with Crippen LogP contribution in [0.2, 0.25) is 10.0 Å². The number of hydrogen-bond acceptors (Lipinski definition) is 7. The van der Waals surface area contributed by atoms with Crippen LogP contribution in [0.25, 0.3) is 0 Å². The lowest BCUT2D eigenvalue weighted by molar-refractivity contribution is -0.113. The Balaban J connectivity index is 1.54. The van der Waals surface area contributed by atoms with E-state index in [1.54, 1.807) is 18.2 Å². The number of thioether (sulfide) groups is 1. The summed E-state index contributed by atoms with van der Waals surface area (Å²) in [4.78, 5) is 12.0. The monoisotopic (exact) mass is 453 g/mol. The molecule has 3 aromatic rings. The first kappa shape index (κ1) is 20.9. The Hall–Kier alpha value is -2.82. The topological polar surface area (TPSA) is 110 Å². The van der Waals surface area contributed by atoms with E-state index in [4.69, 9.17) is 29.0 Å². The Kier molecular flexibility index (Phi) is 6.91. The number of carbonyl (C=O) groups excluding carboxylic acids is 1. The second-order valence-electron chi connectivity index (χ2n) is 5.56. The van der Waals surface area contributed by atoms with Crippen LogP contribution in [0.1, 0.15) is 5.56 Å². The van der Waals surface area contributed by atoms with Crippen molar-refractivity contribution in [2.45, 2.75) is 5.16 Å². The van der Waals surface area contributed by atoms with Gasteiger partial charge in [0.1, 0.15) is 5.82 Å². The fourth-order valence-corrected chi connectivity index (χ4v) is 3.19. The zero-order valence-electron chi connectivity index (χ0n) is 14.6. The summed E-state index contributed by atoms with van der Waals surface area (Å²) in [7, 11) is 0. The van der Waals surface area contributed by atoms with Crippen LogP contribution in [-0.4, -0.2) is 32.7 Å². The molecule has 0 aliphatic heterocycles. The SMILES string of the molecule is Nn1c(N/N=C/c2ccc(Cl)cc2Cl)nnc1SCC(=O)Nc1ccc(F)cc1. The summed E-state index contributed by atoms with van der Waals surface area (Å²) in [5, 5.41) is 15.7. The van der Waals surface area contributed by atoms with Crippen molar-refractivity contribution in [2.24, 2.45) is 5.10 Å². The molecular formula is C17H14Cl2FN7OS. The minimum Gasteiger partial charge on any atom is -0.334 e. The van der Waals surface area contributed by atoms with Crippen LogP contribution in [0.5, 0.6) is 0 Å². The van der Waals surface area contributed by atoms with Gasteiger partial charge in [-0.2, -0.15) is 5.10 Å². The van der Waals surface area contributed by atoms with Crippen molar-refractivity contribution in [1.29, 1.82) is 0 Å². The maximum atomic E-state index is 12.9. The predicted molar refractivity (Wildman–Crippen MR) is 114 cm³/mol. The number of rotatable bonds is 7. The molecule has 0 unspecified atom stereocenters. The second kappa shape index (κ2) is 9.59. The van der Waals surface area contributed by atoms with E-state index >= 15 is 0 Å². The molecule has 2 aromatic carbocycles. The molecule has 29 heavy (non-hydrogen) atoms. The van der Waals surface area contributed by atoms with E-state index in [9.17, 15) is 9.18 Å². The Bertz CT molecular complexity index is 1040. The molecule has 0 saturated carbocycles. The number of hydrazone groups is 1. The maximum Gasteiger partial charge on any atom is 0.264 e. The number of nitrogens with zero attached hydrogens (tertiary/aromatic N) is 4. The summed E-state index contributed by atoms with van der Waals surface area (Å²) >= 11 is 13.0. The van der Waals surface area contributed by atoms with E-state index in [1.807, 2.05) is 0 Å². The highest BCUT2D eigenvalue weighted by Crippen LogP contribution is 2.20. The third-order valence-electron chi connectivity index (χ3n) is 3.46. The number of nitrogens with one attached hydrogen (secondary N) is 2. The molecule has 3 rings (SSSR count). The number of nitrogen functional groups attached to an aromatic ring is 1. The summed E-state index contributed by atoms with van der Waals surface area (Å²) in [6, 6.07) is 10.5. The van der Waals surface area contributed by atoms with Crippen molar-refractivity contribution in [1.82, 2.24) is 14.9 Å². The summed E-state index contributed by atoms with van der Waals surface area (Å²) < 4.78 is 14.0. The molecule has 0 atom stereocenters. The molecule has 0 spiro atoms. The van der Waals surface area contributed by atoms with Gasteiger partial charge in [-0.05, 0) is 36.4 Å². The van der Waals surface area contributed by atoms with Crippen molar-refractivity contribution in [3.63, 3.8) is 0 Å². The van der Waals surface area contributed by atoms with Crippen LogP contribution in [0.15, 0.2) is 52.7 Å². The highest BCUT2D eigenvalue weighted by atomic mass is 35.5. The van der Waals surface area contributed by atoms with Gasteiger partial charge in [0.2, 0.25) is 11.1 Å². The van der Waals surface area contributed by atoms with Crippen molar-refractivity contribution in [3.8, 4) is 0 Å². The smallest absolute Gasteiger partial charge is 0.264 e. The van der Waals surface area contributed by atoms with Gasteiger partial charge in [0.25, 0.3) is 5.95 Å². The molecule has 8 nitrogen and oxygen atoms in total. The maximum absolute atomic E-state index is 12.9. The highest BCUT2D eigenvalue weighted by Gasteiger charge is 2.12. The third kappa shape index (κ3) is 5.83. The fourth-order valence-electron chi connectivity index (χ4n) is 2.08. The summed E-state index contributed by atoms with van der Waals surface area (Å²) in [6.45, 7) is 0. The Labute approximate surface area is 179 Å². The van der Waals surface area contributed by atoms with Gasteiger partial charge in [0, 0.05) is 16.3 Å². The Morgan fingerprint density at radius 1 is 1.24 bits per heavy atom. The van der Waals surface area contributed by atoms with E-state index in [0.29, 0.717) is 26.5 Å². The molecular weight excluding hydrogens is 440 g/mol. The lowest BCUT2D eigenvalue weighted by atomic mass is 10.2.